The van der Waals surface area contributed by atoms with Crippen LogP contribution in [0.5, 0.6) is 0 Å². The Balaban J connectivity index is 2.06. The van der Waals surface area contributed by atoms with Crippen molar-refractivity contribution in [3.8, 4) is 0 Å². The number of carbonyl (C=O) groups excluding carboxylic acids is 1. The Morgan fingerprint density at radius 1 is 1.05 bits per heavy atom. The van der Waals surface area contributed by atoms with Crippen LogP contribution in [0.4, 0.5) is 0 Å². The second-order valence-electron chi connectivity index (χ2n) is 5.44. The van der Waals surface area contributed by atoms with Crippen molar-refractivity contribution in [1.82, 2.24) is 0 Å². The highest BCUT2D eigenvalue weighted by Crippen LogP contribution is 2.27. The van der Waals surface area contributed by atoms with Crippen LogP contribution in [-0.4, -0.2) is 5.78 Å². The largest absolute Gasteiger partial charge is 0.452 e. The second kappa shape index (κ2) is 5.21. The molecular weight excluding hydrogens is 260 g/mol. The Hall–Kier alpha value is -2.35. The number of hydrogen-bond donors (Lipinski definition) is 0. The first kappa shape index (κ1) is 13.6. The average molecular weight is 278 g/mol. The lowest BCUT2D eigenvalue weighted by molar-refractivity contribution is 0.101. The van der Waals surface area contributed by atoms with E-state index in [1.807, 2.05) is 56.3 Å². The van der Waals surface area contributed by atoms with Gasteiger partial charge in [0.2, 0.25) is 5.78 Å². The van der Waals surface area contributed by atoms with Gasteiger partial charge in [-0.2, -0.15) is 0 Å². The molecule has 0 radical (unpaired) electrons. The van der Waals surface area contributed by atoms with E-state index in [0.717, 1.165) is 28.5 Å². The van der Waals surface area contributed by atoms with Crippen molar-refractivity contribution < 1.29 is 9.21 Å². The fourth-order valence-electron chi connectivity index (χ4n) is 2.57. The van der Waals surface area contributed by atoms with E-state index in [1.54, 1.807) is 0 Å². The van der Waals surface area contributed by atoms with Gasteiger partial charge < -0.3 is 4.42 Å². The number of fused-ring (bicyclic) bond motifs is 1. The first-order valence-electron chi connectivity index (χ1n) is 7.23. The molecule has 0 atom stereocenters. The maximum atomic E-state index is 12.6. The summed E-state index contributed by atoms with van der Waals surface area (Å²) in [6.07, 6.45) is 0.970. The summed E-state index contributed by atoms with van der Waals surface area (Å²) in [6.45, 7) is 6.06. The van der Waals surface area contributed by atoms with Gasteiger partial charge in [0.25, 0.3) is 0 Å². The van der Waals surface area contributed by atoms with Crippen molar-refractivity contribution in [3.05, 3.63) is 70.5 Å². The number of rotatable bonds is 3. The summed E-state index contributed by atoms with van der Waals surface area (Å²) in [5.41, 5.74) is 4.72. The summed E-state index contributed by atoms with van der Waals surface area (Å²) in [4.78, 5) is 12.6. The summed E-state index contributed by atoms with van der Waals surface area (Å²) >= 11 is 0. The van der Waals surface area contributed by atoms with Crippen LogP contribution in [-0.2, 0) is 6.42 Å². The van der Waals surface area contributed by atoms with E-state index in [9.17, 15) is 4.79 Å². The molecule has 0 aliphatic carbocycles. The first-order valence-corrected chi connectivity index (χ1v) is 7.23. The standard InChI is InChI=1S/C19H18O2/c1-4-14-6-8-15(9-7-14)18(20)19-13(3)16-10-5-12(2)11-17(16)21-19/h5-11H,4H2,1-3H3. The summed E-state index contributed by atoms with van der Waals surface area (Å²) in [6, 6.07) is 13.8. The van der Waals surface area contributed by atoms with Crippen LogP contribution < -0.4 is 0 Å². The zero-order valence-electron chi connectivity index (χ0n) is 12.6. The molecule has 0 saturated heterocycles. The molecule has 3 aromatic rings. The Kier molecular flexibility index (Phi) is 3.38. The Morgan fingerprint density at radius 2 is 1.76 bits per heavy atom. The maximum absolute atomic E-state index is 12.6. The monoisotopic (exact) mass is 278 g/mol. The topological polar surface area (TPSA) is 30.2 Å². The minimum atomic E-state index is -0.0518. The van der Waals surface area contributed by atoms with Crippen molar-refractivity contribution in [3.63, 3.8) is 0 Å². The van der Waals surface area contributed by atoms with E-state index in [0.29, 0.717) is 11.3 Å². The minimum absolute atomic E-state index is 0.0518. The van der Waals surface area contributed by atoms with Gasteiger partial charge in [-0.05, 0) is 37.5 Å². The molecular formula is C19H18O2. The summed E-state index contributed by atoms with van der Waals surface area (Å²) < 4.78 is 5.80. The van der Waals surface area contributed by atoms with E-state index >= 15 is 0 Å². The van der Waals surface area contributed by atoms with Crippen molar-refractivity contribution >= 4 is 16.8 Å². The van der Waals surface area contributed by atoms with Gasteiger partial charge in [-0.15, -0.1) is 0 Å². The molecule has 0 N–H and O–H groups in total. The predicted octanol–water partition coefficient (Wildman–Crippen LogP) is 4.84. The summed E-state index contributed by atoms with van der Waals surface area (Å²) in [7, 11) is 0. The van der Waals surface area contributed by atoms with Gasteiger partial charge >= 0.3 is 0 Å². The fourth-order valence-corrected chi connectivity index (χ4v) is 2.57. The van der Waals surface area contributed by atoms with Crippen molar-refractivity contribution in [2.24, 2.45) is 0 Å². The molecule has 3 rings (SSSR count). The smallest absolute Gasteiger partial charge is 0.228 e. The predicted molar refractivity (Wildman–Crippen MR) is 84.9 cm³/mol. The first-order chi connectivity index (χ1) is 10.1. The SMILES string of the molecule is CCc1ccc(C(=O)c2oc3cc(C)ccc3c2C)cc1. The van der Waals surface area contributed by atoms with Gasteiger partial charge in [0.15, 0.2) is 5.76 Å². The molecule has 2 heteroatoms. The number of furan rings is 1. The highest BCUT2D eigenvalue weighted by atomic mass is 16.3. The quantitative estimate of drug-likeness (QED) is 0.641. The van der Waals surface area contributed by atoms with Crippen LogP contribution in [0.15, 0.2) is 46.9 Å². The molecule has 0 bridgehead atoms. The molecule has 0 aliphatic heterocycles. The normalized spacial score (nSPS) is 11.0. The van der Waals surface area contributed by atoms with E-state index < -0.39 is 0 Å². The third-order valence-corrected chi connectivity index (χ3v) is 3.92. The third-order valence-electron chi connectivity index (χ3n) is 3.92. The van der Waals surface area contributed by atoms with Gasteiger partial charge in [-0.1, -0.05) is 43.3 Å². The van der Waals surface area contributed by atoms with Crippen LogP contribution in [0.1, 0.15) is 39.7 Å². The number of benzene rings is 2. The maximum Gasteiger partial charge on any atom is 0.228 e. The van der Waals surface area contributed by atoms with E-state index in [4.69, 9.17) is 4.42 Å². The Bertz CT molecular complexity index is 807. The summed E-state index contributed by atoms with van der Waals surface area (Å²) in [5.74, 6) is 0.392. The number of ketones is 1. The zero-order chi connectivity index (χ0) is 15.0. The van der Waals surface area contributed by atoms with Crippen molar-refractivity contribution in [2.45, 2.75) is 27.2 Å². The third kappa shape index (κ3) is 2.38. The second-order valence-corrected chi connectivity index (χ2v) is 5.44. The van der Waals surface area contributed by atoms with E-state index in [2.05, 4.69) is 6.92 Å². The molecule has 21 heavy (non-hydrogen) atoms. The van der Waals surface area contributed by atoms with Crippen molar-refractivity contribution in [2.75, 3.05) is 0 Å². The lowest BCUT2D eigenvalue weighted by atomic mass is 10.0. The van der Waals surface area contributed by atoms with Crippen molar-refractivity contribution in [1.29, 1.82) is 0 Å². The van der Waals surface area contributed by atoms with Crippen LogP contribution >= 0.6 is 0 Å². The number of aryl methyl sites for hydroxylation is 3. The van der Waals surface area contributed by atoms with Crippen LogP contribution in [0.25, 0.3) is 11.0 Å². The molecule has 1 aromatic heterocycles. The molecule has 106 valence electrons. The molecule has 0 unspecified atom stereocenters. The average Bonchev–Trinajstić information content (AvgIpc) is 2.83. The van der Waals surface area contributed by atoms with Gasteiger partial charge in [0, 0.05) is 16.5 Å². The van der Waals surface area contributed by atoms with Gasteiger partial charge in [-0.25, -0.2) is 0 Å². The lowest BCUT2D eigenvalue weighted by Crippen LogP contribution is -2.01. The van der Waals surface area contributed by atoms with Crippen LogP contribution in [0.3, 0.4) is 0 Å². The molecule has 0 amide bonds. The zero-order valence-corrected chi connectivity index (χ0v) is 12.6. The Labute approximate surface area is 124 Å². The molecule has 0 fully saturated rings. The number of hydrogen-bond acceptors (Lipinski definition) is 2. The highest BCUT2D eigenvalue weighted by molar-refractivity contribution is 6.10. The lowest BCUT2D eigenvalue weighted by Gasteiger charge is -2.01. The molecule has 0 aliphatic rings. The van der Waals surface area contributed by atoms with Gasteiger partial charge in [0.1, 0.15) is 5.58 Å². The Morgan fingerprint density at radius 3 is 2.43 bits per heavy atom. The molecule has 2 aromatic carbocycles. The molecule has 0 saturated carbocycles. The van der Waals surface area contributed by atoms with Gasteiger partial charge in [0.05, 0.1) is 0 Å². The van der Waals surface area contributed by atoms with Crippen LogP contribution in [0, 0.1) is 13.8 Å². The van der Waals surface area contributed by atoms with E-state index in [-0.39, 0.29) is 5.78 Å². The molecule has 0 spiro atoms. The minimum Gasteiger partial charge on any atom is -0.452 e. The van der Waals surface area contributed by atoms with E-state index in [1.165, 1.54) is 5.56 Å². The van der Waals surface area contributed by atoms with Crippen LogP contribution in [0.2, 0.25) is 0 Å². The fraction of sp³-hybridized carbons (Fsp3) is 0.211. The highest BCUT2D eigenvalue weighted by Gasteiger charge is 2.19. The molecule has 1 heterocycles. The summed E-state index contributed by atoms with van der Waals surface area (Å²) in [5, 5.41) is 1.01. The molecule has 2 nitrogen and oxygen atoms in total. The number of carbonyl (C=O) groups is 1. The van der Waals surface area contributed by atoms with Gasteiger partial charge in [-0.3, -0.25) is 4.79 Å².